The Bertz CT molecular complexity index is 1190. The van der Waals surface area contributed by atoms with Crippen molar-refractivity contribution in [2.45, 2.75) is 13.8 Å². The number of aromatic amines is 1. The summed E-state index contributed by atoms with van der Waals surface area (Å²) in [6, 6.07) is 11.9. The van der Waals surface area contributed by atoms with E-state index < -0.39 is 0 Å². The highest BCUT2D eigenvalue weighted by atomic mass is 16.5. The van der Waals surface area contributed by atoms with Crippen LogP contribution in [0.15, 0.2) is 47.4 Å². The first-order chi connectivity index (χ1) is 13.1. The summed E-state index contributed by atoms with van der Waals surface area (Å²) in [4.78, 5) is 20.6. The lowest BCUT2D eigenvalue weighted by Gasteiger charge is -2.09. The Labute approximate surface area is 156 Å². The highest BCUT2D eigenvalue weighted by molar-refractivity contribution is 5.86. The zero-order valence-corrected chi connectivity index (χ0v) is 15.7. The molecule has 0 fully saturated rings. The van der Waals surface area contributed by atoms with Crippen LogP contribution < -0.4 is 10.9 Å². The normalized spacial score (nSPS) is 11.4. The average Bonchev–Trinajstić information content (AvgIpc) is 3.02. The maximum Gasteiger partial charge on any atom is 0.258 e. The van der Waals surface area contributed by atoms with Gasteiger partial charge in [0.05, 0.1) is 12.2 Å². The maximum atomic E-state index is 12.8. The molecule has 0 radical (unpaired) electrons. The standard InChI is InChI=1S/C21H22N4O2/c1-13-6-7-17-15(11-13)12-16(21(26)23-17)18-20(22-8-10-27-3)25-9-4-5-14(2)19(25)24-18/h4-7,9,11-12,22H,8,10H2,1-3H3,(H,23,26). The molecule has 3 aromatic heterocycles. The largest absolute Gasteiger partial charge is 0.383 e. The predicted molar refractivity (Wildman–Crippen MR) is 109 cm³/mol. The van der Waals surface area contributed by atoms with Crippen LogP contribution in [-0.4, -0.2) is 34.6 Å². The van der Waals surface area contributed by atoms with E-state index in [2.05, 4.69) is 16.4 Å². The topological polar surface area (TPSA) is 71.4 Å². The number of pyridine rings is 2. The molecule has 2 N–H and O–H groups in total. The number of ether oxygens (including phenoxy) is 1. The van der Waals surface area contributed by atoms with Crippen molar-refractivity contribution in [1.29, 1.82) is 0 Å². The minimum absolute atomic E-state index is 0.151. The highest BCUT2D eigenvalue weighted by Crippen LogP contribution is 2.29. The van der Waals surface area contributed by atoms with Crippen LogP contribution in [0.4, 0.5) is 5.82 Å². The van der Waals surface area contributed by atoms with E-state index in [1.54, 1.807) is 7.11 Å². The van der Waals surface area contributed by atoms with Crippen LogP contribution in [0.2, 0.25) is 0 Å². The number of fused-ring (bicyclic) bond motifs is 2. The van der Waals surface area contributed by atoms with Gasteiger partial charge in [-0.3, -0.25) is 9.20 Å². The van der Waals surface area contributed by atoms with Gasteiger partial charge in [-0.25, -0.2) is 4.98 Å². The van der Waals surface area contributed by atoms with Crippen molar-refractivity contribution >= 4 is 22.4 Å². The Hall–Kier alpha value is -3.12. The van der Waals surface area contributed by atoms with Gasteiger partial charge in [-0.15, -0.1) is 0 Å². The molecule has 4 aromatic rings. The number of hydrogen-bond acceptors (Lipinski definition) is 4. The van der Waals surface area contributed by atoms with Crippen molar-refractivity contribution < 1.29 is 4.74 Å². The molecule has 0 spiro atoms. The highest BCUT2D eigenvalue weighted by Gasteiger charge is 2.18. The minimum atomic E-state index is -0.151. The number of methoxy groups -OCH3 is 1. The van der Waals surface area contributed by atoms with Crippen molar-refractivity contribution in [1.82, 2.24) is 14.4 Å². The first-order valence-corrected chi connectivity index (χ1v) is 8.93. The number of nitrogens with zero attached hydrogens (tertiary/aromatic N) is 2. The molecule has 4 rings (SSSR count). The Morgan fingerprint density at radius 2 is 2.07 bits per heavy atom. The summed E-state index contributed by atoms with van der Waals surface area (Å²) < 4.78 is 7.14. The number of aryl methyl sites for hydroxylation is 2. The number of H-pyrrole nitrogens is 1. The molecule has 0 amide bonds. The summed E-state index contributed by atoms with van der Waals surface area (Å²) in [5.74, 6) is 0.795. The van der Waals surface area contributed by atoms with Gasteiger partial charge in [-0.1, -0.05) is 17.7 Å². The molecule has 0 bridgehead atoms. The number of benzene rings is 1. The van der Waals surface area contributed by atoms with Gasteiger partial charge >= 0.3 is 0 Å². The quantitative estimate of drug-likeness (QED) is 0.533. The van der Waals surface area contributed by atoms with Crippen molar-refractivity contribution in [3.8, 4) is 11.3 Å². The maximum absolute atomic E-state index is 12.8. The molecule has 0 aliphatic rings. The third-order valence-corrected chi connectivity index (χ3v) is 4.70. The second kappa shape index (κ2) is 6.89. The van der Waals surface area contributed by atoms with Gasteiger partial charge in [0.2, 0.25) is 0 Å². The first-order valence-electron chi connectivity index (χ1n) is 8.93. The summed E-state index contributed by atoms with van der Waals surface area (Å²) >= 11 is 0. The molecular formula is C21H22N4O2. The number of hydrogen-bond donors (Lipinski definition) is 2. The van der Waals surface area contributed by atoms with E-state index in [0.717, 1.165) is 33.5 Å². The number of aromatic nitrogens is 3. The summed E-state index contributed by atoms with van der Waals surface area (Å²) in [5, 5.41) is 4.36. The summed E-state index contributed by atoms with van der Waals surface area (Å²) in [5.41, 5.74) is 4.89. The van der Waals surface area contributed by atoms with Crippen LogP contribution in [0.5, 0.6) is 0 Å². The van der Waals surface area contributed by atoms with Crippen LogP contribution in [-0.2, 0) is 4.74 Å². The fourth-order valence-electron chi connectivity index (χ4n) is 3.33. The SMILES string of the molecule is COCCNc1c(-c2cc3cc(C)ccc3[nH]c2=O)nc2c(C)cccn12. The van der Waals surface area contributed by atoms with Crippen LogP contribution in [0, 0.1) is 13.8 Å². The first kappa shape index (κ1) is 17.3. The molecule has 3 heterocycles. The third kappa shape index (κ3) is 3.08. The molecule has 0 saturated heterocycles. The molecule has 6 nitrogen and oxygen atoms in total. The second-order valence-corrected chi connectivity index (χ2v) is 6.72. The van der Waals surface area contributed by atoms with Crippen molar-refractivity contribution in [3.63, 3.8) is 0 Å². The fraction of sp³-hybridized carbons (Fsp3) is 0.238. The molecular weight excluding hydrogens is 340 g/mol. The Balaban J connectivity index is 1.96. The van der Waals surface area contributed by atoms with Gasteiger partial charge in [0.25, 0.3) is 5.56 Å². The Morgan fingerprint density at radius 1 is 1.22 bits per heavy atom. The summed E-state index contributed by atoms with van der Waals surface area (Å²) in [6.45, 7) is 5.23. The Morgan fingerprint density at radius 3 is 2.89 bits per heavy atom. The summed E-state index contributed by atoms with van der Waals surface area (Å²) in [7, 11) is 1.66. The molecule has 0 aliphatic heterocycles. The average molecular weight is 362 g/mol. The fourth-order valence-corrected chi connectivity index (χ4v) is 3.33. The van der Waals surface area contributed by atoms with Gasteiger partial charge < -0.3 is 15.0 Å². The molecule has 0 unspecified atom stereocenters. The van der Waals surface area contributed by atoms with E-state index in [-0.39, 0.29) is 5.56 Å². The van der Waals surface area contributed by atoms with Crippen molar-refractivity contribution in [2.75, 3.05) is 25.6 Å². The zero-order valence-electron chi connectivity index (χ0n) is 15.7. The van der Waals surface area contributed by atoms with E-state index in [0.29, 0.717) is 24.4 Å². The number of rotatable bonds is 5. The number of nitrogens with one attached hydrogen (secondary N) is 2. The molecule has 6 heteroatoms. The van der Waals surface area contributed by atoms with Crippen LogP contribution in [0.3, 0.4) is 0 Å². The van der Waals surface area contributed by atoms with Gasteiger partial charge in [-0.2, -0.15) is 0 Å². The lowest BCUT2D eigenvalue weighted by atomic mass is 10.1. The van der Waals surface area contributed by atoms with E-state index in [9.17, 15) is 4.79 Å². The molecule has 0 atom stereocenters. The van der Waals surface area contributed by atoms with E-state index in [4.69, 9.17) is 9.72 Å². The lowest BCUT2D eigenvalue weighted by Crippen LogP contribution is -2.13. The van der Waals surface area contributed by atoms with Gasteiger partial charge in [0, 0.05) is 25.4 Å². The second-order valence-electron chi connectivity index (χ2n) is 6.72. The van der Waals surface area contributed by atoms with Gasteiger partial charge in [0.1, 0.15) is 17.2 Å². The van der Waals surface area contributed by atoms with E-state index in [1.807, 2.05) is 54.8 Å². The van der Waals surface area contributed by atoms with Crippen molar-refractivity contribution in [3.05, 3.63) is 64.1 Å². The van der Waals surface area contributed by atoms with E-state index >= 15 is 0 Å². The van der Waals surface area contributed by atoms with Gasteiger partial charge in [-0.05, 0) is 49.1 Å². The molecule has 1 aromatic carbocycles. The van der Waals surface area contributed by atoms with Crippen LogP contribution >= 0.6 is 0 Å². The smallest absolute Gasteiger partial charge is 0.258 e. The summed E-state index contributed by atoms with van der Waals surface area (Å²) in [6.07, 6.45) is 1.95. The molecule has 0 saturated carbocycles. The predicted octanol–water partition coefficient (Wildman–Crippen LogP) is 3.52. The zero-order chi connectivity index (χ0) is 19.0. The number of anilines is 1. The van der Waals surface area contributed by atoms with Crippen LogP contribution in [0.25, 0.3) is 27.8 Å². The number of imidazole rings is 1. The minimum Gasteiger partial charge on any atom is -0.383 e. The van der Waals surface area contributed by atoms with Crippen LogP contribution in [0.1, 0.15) is 11.1 Å². The monoisotopic (exact) mass is 362 g/mol. The lowest BCUT2D eigenvalue weighted by molar-refractivity contribution is 0.210. The molecule has 138 valence electrons. The third-order valence-electron chi connectivity index (χ3n) is 4.70. The van der Waals surface area contributed by atoms with E-state index in [1.165, 1.54) is 0 Å². The Kier molecular flexibility index (Phi) is 4.41. The van der Waals surface area contributed by atoms with Crippen molar-refractivity contribution in [2.24, 2.45) is 0 Å². The molecule has 0 aliphatic carbocycles. The van der Waals surface area contributed by atoms with Gasteiger partial charge in [0.15, 0.2) is 0 Å². The molecule has 27 heavy (non-hydrogen) atoms.